The van der Waals surface area contributed by atoms with Gasteiger partial charge in [0.25, 0.3) is 0 Å². The van der Waals surface area contributed by atoms with Crippen LogP contribution in [0.1, 0.15) is 0 Å². The van der Waals surface area contributed by atoms with Crippen molar-refractivity contribution in [2.75, 3.05) is 65.9 Å². The van der Waals surface area contributed by atoms with Crippen LogP contribution in [0.5, 0.6) is 0 Å². The Hall–Kier alpha value is -0.170. The fourth-order valence-electron chi connectivity index (χ4n) is 1.13. The molecule has 0 unspecified atom stereocenters. The molecule has 0 saturated heterocycles. The number of sulfone groups is 1. The molecule has 0 saturated carbocycles. The Labute approximate surface area is 99.7 Å². The first-order valence-electron chi connectivity index (χ1n) is 5.53. The minimum absolute atomic E-state index is 0.237. The summed E-state index contributed by atoms with van der Waals surface area (Å²) in [4.78, 5) is 4.16. The third-order valence-electron chi connectivity index (χ3n) is 2.25. The second kappa shape index (κ2) is 8.00. The summed E-state index contributed by atoms with van der Waals surface area (Å²) in [5.74, 6) is 0.237. The van der Waals surface area contributed by atoms with Gasteiger partial charge in [0, 0.05) is 39.0 Å². The van der Waals surface area contributed by atoms with Gasteiger partial charge in [0.15, 0.2) is 0 Å². The van der Waals surface area contributed by atoms with E-state index in [9.17, 15) is 8.42 Å². The molecule has 0 amide bonds. The molecule has 0 aromatic rings. The van der Waals surface area contributed by atoms with Crippen molar-refractivity contribution in [2.45, 2.75) is 0 Å². The molecule has 0 spiro atoms. The molecule has 0 radical (unpaired) electrons. The fraction of sp³-hybridized carbons (Fsp3) is 1.00. The summed E-state index contributed by atoms with van der Waals surface area (Å²) in [6.07, 6.45) is 1.27. The zero-order valence-corrected chi connectivity index (χ0v) is 11.7. The first-order valence-corrected chi connectivity index (χ1v) is 7.59. The lowest BCUT2D eigenvalue weighted by molar-refractivity contribution is 0.340. The zero-order chi connectivity index (χ0) is 12.6. The quantitative estimate of drug-likeness (QED) is 0.539. The summed E-state index contributed by atoms with van der Waals surface area (Å²) >= 11 is 0. The van der Waals surface area contributed by atoms with E-state index < -0.39 is 9.84 Å². The summed E-state index contributed by atoms with van der Waals surface area (Å²) in [5, 5.41) is 3.31. The van der Waals surface area contributed by atoms with Crippen molar-refractivity contribution in [3.63, 3.8) is 0 Å². The van der Waals surface area contributed by atoms with Gasteiger partial charge in [-0.2, -0.15) is 0 Å². The number of rotatable bonds is 9. The Morgan fingerprint density at radius 3 is 2.06 bits per heavy atom. The van der Waals surface area contributed by atoms with Crippen LogP contribution in [-0.2, 0) is 9.84 Å². The SMILES string of the molecule is CN(C)CCNCCN(C)CCS(C)(=O)=O. The van der Waals surface area contributed by atoms with E-state index in [1.165, 1.54) is 6.26 Å². The molecule has 0 atom stereocenters. The third kappa shape index (κ3) is 11.9. The second-order valence-electron chi connectivity index (χ2n) is 4.49. The highest BCUT2D eigenvalue weighted by molar-refractivity contribution is 7.90. The van der Waals surface area contributed by atoms with E-state index in [-0.39, 0.29) is 5.75 Å². The highest BCUT2D eigenvalue weighted by Crippen LogP contribution is 1.86. The summed E-state index contributed by atoms with van der Waals surface area (Å²) < 4.78 is 21.9. The molecular formula is C10H25N3O2S. The van der Waals surface area contributed by atoms with Gasteiger partial charge in [0.1, 0.15) is 9.84 Å². The third-order valence-corrected chi connectivity index (χ3v) is 3.17. The molecule has 0 aromatic carbocycles. The van der Waals surface area contributed by atoms with Crippen LogP contribution in [0.25, 0.3) is 0 Å². The fourth-order valence-corrected chi connectivity index (χ4v) is 1.77. The Bertz CT molecular complexity index is 265. The van der Waals surface area contributed by atoms with Crippen molar-refractivity contribution in [1.29, 1.82) is 0 Å². The number of nitrogens with one attached hydrogen (secondary N) is 1. The molecule has 0 heterocycles. The lowest BCUT2D eigenvalue weighted by atomic mass is 10.5. The summed E-state index contributed by atoms with van der Waals surface area (Å²) in [5.41, 5.74) is 0. The van der Waals surface area contributed by atoms with Crippen LogP contribution in [0.3, 0.4) is 0 Å². The van der Waals surface area contributed by atoms with Crippen LogP contribution < -0.4 is 5.32 Å². The Morgan fingerprint density at radius 1 is 1.00 bits per heavy atom. The van der Waals surface area contributed by atoms with Gasteiger partial charge in [-0.1, -0.05) is 0 Å². The minimum Gasteiger partial charge on any atom is -0.314 e. The highest BCUT2D eigenvalue weighted by atomic mass is 32.2. The van der Waals surface area contributed by atoms with Gasteiger partial charge in [-0.25, -0.2) is 8.42 Å². The maximum Gasteiger partial charge on any atom is 0.148 e. The van der Waals surface area contributed by atoms with Crippen molar-refractivity contribution in [3.8, 4) is 0 Å². The number of likely N-dealkylation sites (N-methyl/N-ethyl adjacent to an activating group) is 2. The highest BCUT2D eigenvalue weighted by Gasteiger charge is 2.04. The molecule has 1 N–H and O–H groups in total. The predicted molar refractivity (Wildman–Crippen MR) is 68.6 cm³/mol. The summed E-state index contributed by atoms with van der Waals surface area (Å²) in [6, 6.07) is 0. The molecule has 0 bridgehead atoms. The van der Waals surface area contributed by atoms with E-state index in [2.05, 4.69) is 10.2 Å². The molecule has 0 rings (SSSR count). The predicted octanol–water partition coefficient (Wildman–Crippen LogP) is -0.886. The van der Waals surface area contributed by atoms with Gasteiger partial charge in [-0.05, 0) is 21.1 Å². The maximum absolute atomic E-state index is 10.9. The van der Waals surface area contributed by atoms with Crippen molar-refractivity contribution in [2.24, 2.45) is 0 Å². The largest absolute Gasteiger partial charge is 0.314 e. The van der Waals surface area contributed by atoms with Gasteiger partial charge < -0.3 is 15.1 Å². The molecule has 98 valence electrons. The Morgan fingerprint density at radius 2 is 1.56 bits per heavy atom. The molecular weight excluding hydrogens is 226 g/mol. The smallest absolute Gasteiger partial charge is 0.148 e. The number of hydrogen-bond acceptors (Lipinski definition) is 5. The Balaban J connectivity index is 3.41. The average Bonchev–Trinajstić information content (AvgIpc) is 2.12. The topological polar surface area (TPSA) is 52.6 Å². The monoisotopic (exact) mass is 251 g/mol. The van der Waals surface area contributed by atoms with E-state index >= 15 is 0 Å². The van der Waals surface area contributed by atoms with Gasteiger partial charge >= 0.3 is 0 Å². The number of hydrogen-bond donors (Lipinski definition) is 1. The van der Waals surface area contributed by atoms with E-state index in [4.69, 9.17) is 0 Å². The Kier molecular flexibility index (Phi) is 7.91. The first kappa shape index (κ1) is 15.8. The van der Waals surface area contributed by atoms with Crippen LogP contribution in [0, 0.1) is 0 Å². The van der Waals surface area contributed by atoms with Crippen LogP contribution in [0.15, 0.2) is 0 Å². The lowest BCUT2D eigenvalue weighted by Crippen LogP contribution is -2.35. The average molecular weight is 251 g/mol. The van der Waals surface area contributed by atoms with Gasteiger partial charge in [0.05, 0.1) is 5.75 Å². The normalized spacial score (nSPS) is 12.6. The number of nitrogens with zero attached hydrogens (tertiary/aromatic N) is 2. The standard InChI is InChI=1S/C10H25N3O2S/c1-12(2)7-5-11-6-8-13(3)9-10-16(4,14)15/h11H,5-10H2,1-4H3. The van der Waals surface area contributed by atoms with Crippen LogP contribution in [-0.4, -0.2) is 84.1 Å². The molecule has 0 aliphatic carbocycles. The van der Waals surface area contributed by atoms with Crippen molar-refractivity contribution in [1.82, 2.24) is 15.1 Å². The summed E-state index contributed by atoms with van der Waals surface area (Å²) in [7, 11) is 3.19. The molecule has 0 aliphatic heterocycles. The summed E-state index contributed by atoms with van der Waals surface area (Å²) in [6.45, 7) is 4.37. The maximum atomic E-state index is 10.9. The lowest BCUT2D eigenvalue weighted by Gasteiger charge is -2.17. The molecule has 0 fully saturated rings. The van der Waals surface area contributed by atoms with Crippen molar-refractivity contribution in [3.05, 3.63) is 0 Å². The minimum atomic E-state index is -2.83. The second-order valence-corrected chi connectivity index (χ2v) is 6.75. The van der Waals surface area contributed by atoms with Crippen molar-refractivity contribution < 1.29 is 8.42 Å². The van der Waals surface area contributed by atoms with E-state index in [1.54, 1.807) is 0 Å². The van der Waals surface area contributed by atoms with Crippen LogP contribution in [0.2, 0.25) is 0 Å². The molecule has 6 heteroatoms. The molecule has 16 heavy (non-hydrogen) atoms. The van der Waals surface area contributed by atoms with Crippen LogP contribution >= 0.6 is 0 Å². The van der Waals surface area contributed by atoms with E-state index in [1.807, 2.05) is 26.0 Å². The molecule has 5 nitrogen and oxygen atoms in total. The van der Waals surface area contributed by atoms with E-state index in [0.29, 0.717) is 6.54 Å². The first-order chi connectivity index (χ1) is 7.31. The van der Waals surface area contributed by atoms with Gasteiger partial charge in [-0.15, -0.1) is 0 Å². The molecule has 0 aliphatic rings. The van der Waals surface area contributed by atoms with Gasteiger partial charge in [0.2, 0.25) is 0 Å². The van der Waals surface area contributed by atoms with Crippen molar-refractivity contribution >= 4 is 9.84 Å². The zero-order valence-electron chi connectivity index (χ0n) is 10.9. The van der Waals surface area contributed by atoms with Crippen LogP contribution in [0.4, 0.5) is 0 Å². The van der Waals surface area contributed by atoms with Gasteiger partial charge in [-0.3, -0.25) is 0 Å². The van der Waals surface area contributed by atoms with E-state index in [0.717, 1.165) is 26.2 Å². The molecule has 0 aromatic heterocycles.